The fourth-order valence-electron chi connectivity index (χ4n) is 2.51. The molecule has 1 aromatic carbocycles. The molecule has 1 aromatic heterocycles. The number of nitriles is 1. The van der Waals surface area contributed by atoms with E-state index in [9.17, 15) is 9.65 Å². The Morgan fingerprint density at radius 3 is 2.61 bits per heavy atom. The first kappa shape index (κ1) is 23.6. The van der Waals surface area contributed by atoms with Gasteiger partial charge in [-0.3, -0.25) is 4.99 Å². The zero-order chi connectivity index (χ0) is 19.6. The average molecular weight is 501 g/mol. The van der Waals surface area contributed by atoms with E-state index < -0.39 is 0 Å². The van der Waals surface area contributed by atoms with Crippen molar-refractivity contribution in [3.05, 3.63) is 41.3 Å². The third-order valence-corrected chi connectivity index (χ3v) is 3.88. The Balaban J connectivity index is 0.00000392. The van der Waals surface area contributed by atoms with Crippen LogP contribution in [0.1, 0.15) is 17.7 Å². The summed E-state index contributed by atoms with van der Waals surface area (Å²) in [6.45, 7) is 1.90. The van der Waals surface area contributed by atoms with Crippen molar-refractivity contribution >= 4 is 35.8 Å². The van der Waals surface area contributed by atoms with Crippen molar-refractivity contribution < 1.29 is 9.13 Å². The van der Waals surface area contributed by atoms with Gasteiger partial charge in [-0.1, -0.05) is 0 Å². The second-order valence-corrected chi connectivity index (χ2v) is 5.73. The van der Waals surface area contributed by atoms with Crippen LogP contribution < -0.4 is 16.4 Å². The number of benzene rings is 1. The summed E-state index contributed by atoms with van der Waals surface area (Å²) in [6, 6.07) is 7.90. The van der Waals surface area contributed by atoms with Gasteiger partial charge in [-0.25, -0.2) is 9.07 Å². The predicted molar refractivity (Wildman–Crippen MR) is 118 cm³/mol. The maximum atomic E-state index is 13.1. The Kier molecular flexibility index (Phi) is 10.3. The molecule has 8 nitrogen and oxygen atoms in total. The molecule has 0 aliphatic heterocycles. The second-order valence-electron chi connectivity index (χ2n) is 5.73. The molecule has 0 bridgehead atoms. The number of halogens is 2. The normalized spacial score (nSPS) is 10.9. The number of hydrogen-bond acceptors (Lipinski definition) is 5. The van der Waals surface area contributed by atoms with Crippen LogP contribution in [0.15, 0.2) is 29.3 Å². The molecule has 2 rings (SSSR count). The number of aryl methyl sites for hydroxylation is 1. The van der Waals surface area contributed by atoms with Crippen LogP contribution in [-0.2, 0) is 11.2 Å². The number of nitrogens with zero attached hydrogens (tertiary/aromatic N) is 4. The number of nitrogen functional groups attached to an aromatic ring is 1. The van der Waals surface area contributed by atoms with Crippen LogP contribution in [-0.4, -0.2) is 49.6 Å². The van der Waals surface area contributed by atoms with Crippen molar-refractivity contribution in [3.8, 4) is 11.8 Å². The molecule has 0 atom stereocenters. The second kappa shape index (κ2) is 12.1. The predicted octanol–water partition coefficient (Wildman–Crippen LogP) is 1.83. The Hall–Kier alpha value is -2.39. The van der Waals surface area contributed by atoms with Crippen LogP contribution in [0, 0.1) is 17.1 Å². The third kappa shape index (κ3) is 6.35. The molecular formula is C18H25FIN7O. The van der Waals surface area contributed by atoms with Gasteiger partial charge in [0.1, 0.15) is 23.3 Å². The largest absolute Gasteiger partial charge is 0.383 e. The lowest BCUT2D eigenvalue weighted by Gasteiger charge is -2.11. The van der Waals surface area contributed by atoms with Crippen LogP contribution >= 0.6 is 24.0 Å². The van der Waals surface area contributed by atoms with Crippen molar-refractivity contribution in [2.75, 3.05) is 39.6 Å². The summed E-state index contributed by atoms with van der Waals surface area (Å²) in [4.78, 5) is 4.12. The smallest absolute Gasteiger partial charge is 0.191 e. The molecule has 4 N–H and O–H groups in total. The highest BCUT2D eigenvalue weighted by Crippen LogP contribution is 2.21. The van der Waals surface area contributed by atoms with E-state index in [1.165, 1.54) is 16.8 Å². The number of anilines is 1. The van der Waals surface area contributed by atoms with Crippen LogP contribution in [0.2, 0.25) is 0 Å². The number of hydrogen-bond donors (Lipinski definition) is 3. The van der Waals surface area contributed by atoms with Gasteiger partial charge < -0.3 is 21.1 Å². The number of nitrogens with one attached hydrogen (secondary N) is 2. The van der Waals surface area contributed by atoms with E-state index in [0.29, 0.717) is 49.0 Å². The van der Waals surface area contributed by atoms with Crippen LogP contribution in [0.3, 0.4) is 0 Å². The topological polar surface area (TPSA) is 113 Å². The molecule has 0 saturated heterocycles. The van der Waals surface area contributed by atoms with Gasteiger partial charge in [-0.2, -0.15) is 10.4 Å². The fraction of sp³-hybridized carbons (Fsp3) is 0.389. The van der Waals surface area contributed by atoms with E-state index in [4.69, 9.17) is 10.5 Å². The monoisotopic (exact) mass is 501 g/mol. The van der Waals surface area contributed by atoms with Gasteiger partial charge in [0, 0.05) is 27.2 Å². The first-order valence-electron chi connectivity index (χ1n) is 8.57. The number of nitrogens with two attached hydrogens (primary N) is 1. The average Bonchev–Trinajstić information content (AvgIpc) is 2.99. The fourth-order valence-corrected chi connectivity index (χ4v) is 2.51. The van der Waals surface area contributed by atoms with Crippen molar-refractivity contribution in [3.63, 3.8) is 0 Å². The highest BCUT2D eigenvalue weighted by atomic mass is 127. The number of methoxy groups -OCH3 is 1. The lowest BCUT2D eigenvalue weighted by molar-refractivity contribution is 0.203. The Labute approximate surface area is 181 Å². The molecule has 28 heavy (non-hydrogen) atoms. The van der Waals surface area contributed by atoms with Crippen molar-refractivity contribution in [1.29, 1.82) is 5.26 Å². The summed E-state index contributed by atoms with van der Waals surface area (Å²) in [5, 5.41) is 20.2. The molecule has 152 valence electrons. The summed E-state index contributed by atoms with van der Waals surface area (Å²) in [5.74, 6) is 0.594. The van der Waals surface area contributed by atoms with E-state index in [0.717, 1.165) is 6.42 Å². The first-order valence-corrected chi connectivity index (χ1v) is 8.57. The van der Waals surface area contributed by atoms with Gasteiger partial charge in [-0.15, -0.1) is 24.0 Å². The highest BCUT2D eigenvalue weighted by Gasteiger charge is 2.16. The Bertz CT molecular complexity index is 815. The summed E-state index contributed by atoms with van der Waals surface area (Å²) >= 11 is 0. The SMILES string of the molecule is CN=C(NCCCc1nn(-c2ccc(F)cc2)c(N)c1C#N)NCCOC.I. The zero-order valence-electron chi connectivity index (χ0n) is 15.9. The molecule has 0 fully saturated rings. The molecular weight excluding hydrogens is 476 g/mol. The van der Waals surface area contributed by atoms with Crippen molar-refractivity contribution in [1.82, 2.24) is 20.4 Å². The molecule has 0 aliphatic carbocycles. The first-order chi connectivity index (χ1) is 13.1. The Morgan fingerprint density at radius 2 is 2.00 bits per heavy atom. The van der Waals surface area contributed by atoms with E-state index in [1.807, 2.05) is 0 Å². The summed E-state index contributed by atoms with van der Waals surface area (Å²) in [6.07, 6.45) is 1.31. The standard InChI is InChI=1S/C18H24FN7O.HI/c1-22-18(24-10-11-27-2)23-9-3-4-16-15(12-20)17(21)26(25-16)14-7-5-13(19)6-8-14;/h5-8H,3-4,9-11,21H2,1-2H3,(H2,22,23,24);1H. The molecule has 0 aliphatic rings. The summed E-state index contributed by atoms with van der Waals surface area (Å²) in [7, 11) is 3.34. The van der Waals surface area contributed by atoms with Gasteiger partial charge in [0.05, 0.1) is 18.0 Å². The minimum atomic E-state index is -0.344. The quantitative estimate of drug-likeness (QED) is 0.220. The zero-order valence-corrected chi connectivity index (χ0v) is 18.2. The van der Waals surface area contributed by atoms with Crippen molar-refractivity contribution in [2.24, 2.45) is 4.99 Å². The number of ether oxygens (including phenoxy) is 1. The molecule has 0 spiro atoms. The minimum Gasteiger partial charge on any atom is -0.383 e. The van der Waals surface area contributed by atoms with Gasteiger partial charge in [0.15, 0.2) is 5.96 Å². The number of guanidine groups is 1. The minimum absolute atomic E-state index is 0. The number of aliphatic imine (C=N–C) groups is 1. The maximum Gasteiger partial charge on any atom is 0.191 e. The van der Waals surface area contributed by atoms with E-state index in [1.54, 1.807) is 26.3 Å². The van der Waals surface area contributed by atoms with Crippen LogP contribution in [0.5, 0.6) is 0 Å². The van der Waals surface area contributed by atoms with Gasteiger partial charge in [0.2, 0.25) is 0 Å². The van der Waals surface area contributed by atoms with Crippen LogP contribution in [0.25, 0.3) is 5.69 Å². The summed E-state index contributed by atoms with van der Waals surface area (Å²) in [5.41, 5.74) is 7.63. The highest BCUT2D eigenvalue weighted by molar-refractivity contribution is 14.0. The van der Waals surface area contributed by atoms with Gasteiger partial charge in [0.25, 0.3) is 0 Å². The molecule has 2 aromatic rings. The molecule has 0 unspecified atom stereocenters. The molecule has 0 radical (unpaired) electrons. The van der Waals surface area contributed by atoms with E-state index in [-0.39, 0.29) is 35.6 Å². The molecule has 0 amide bonds. The van der Waals surface area contributed by atoms with E-state index >= 15 is 0 Å². The maximum absolute atomic E-state index is 13.1. The van der Waals surface area contributed by atoms with E-state index in [2.05, 4.69) is 26.8 Å². The van der Waals surface area contributed by atoms with Crippen molar-refractivity contribution in [2.45, 2.75) is 12.8 Å². The lowest BCUT2D eigenvalue weighted by Crippen LogP contribution is -2.39. The molecule has 10 heteroatoms. The summed E-state index contributed by atoms with van der Waals surface area (Å²) < 4.78 is 19.6. The lowest BCUT2D eigenvalue weighted by atomic mass is 10.1. The van der Waals surface area contributed by atoms with Gasteiger partial charge in [-0.05, 0) is 37.1 Å². The van der Waals surface area contributed by atoms with Crippen LogP contribution in [0.4, 0.5) is 10.2 Å². The van der Waals surface area contributed by atoms with Gasteiger partial charge >= 0.3 is 0 Å². The number of rotatable bonds is 8. The third-order valence-electron chi connectivity index (χ3n) is 3.88. The molecule has 0 saturated carbocycles. The Morgan fingerprint density at radius 1 is 1.32 bits per heavy atom. The number of aromatic nitrogens is 2. The molecule has 1 heterocycles.